The van der Waals surface area contributed by atoms with Gasteiger partial charge in [0.15, 0.2) is 0 Å². The first kappa shape index (κ1) is 12.9. The lowest BCUT2D eigenvalue weighted by atomic mass is 9.94. The summed E-state index contributed by atoms with van der Waals surface area (Å²) >= 11 is 0. The molecular formula is C16H23NO2. The first-order valence-corrected chi connectivity index (χ1v) is 7.29. The van der Waals surface area contributed by atoms with E-state index in [1.165, 1.54) is 24.8 Å². The lowest BCUT2D eigenvalue weighted by molar-refractivity contribution is 0.0962. The molecule has 2 aliphatic heterocycles. The van der Waals surface area contributed by atoms with Crippen molar-refractivity contribution in [2.24, 2.45) is 0 Å². The molecule has 2 aliphatic rings. The van der Waals surface area contributed by atoms with Gasteiger partial charge in [-0.05, 0) is 44.2 Å². The van der Waals surface area contributed by atoms with Crippen molar-refractivity contribution in [3.05, 3.63) is 29.8 Å². The predicted molar refractivity (Wildman–Crippen MR) is 75.6 cm³/mol. The number of benzene rings is 1. The van der Waals surface area contributed by atoms with E-state index in [9.17, 15) is 0 Å². The van der Waals surface area contributed by atoms with E-state index in [2.05, 4.69) is 24.4 Å². The van der Waals surface area contributed by atoms with Crippen LogP contribution in [0.2, 0.25) is 0 Å². The van der Waals surface area contributed by atoms with E-state index in [4.69, 9.17) is 9.47 Å². The lowest BCUT2D eigenvalue weighted by Gasteiger charge is -2.25. The highest BCUT2D eigenvalue weighted by molar-refractivity contribution is 5.33. The van der Waals surface area contributed by atoms with Crippen molar-refractivity contribution in [3.63, 3.8) is 0 Å². The van der Waals surface area contributed by atoms with Crippen molar-refractivity contribution in [2.45, 2.75) is 56.9 Å². The van der Waals surface area contributed by atoms with Gasteiger partial charge < -0.3 is 14.8 Å². The van der Waals surface area contributed by atoms with Crippen LogP contribution in [0, 0.1) is 0 Å². The van der Waals surface area contributed by atoms with Crippen LogP contribution in [0.25, 0.3) is 0 Å². The molecule has 0 radical (unpaired) electrons. The van der Waals surface area contributed by atoms with Crippen molar-refractivity contribution in [2.75, 3.05) is 7.11 Å². The minimum Gasteiger partial charge on any atom is -0.496 e. The summed E-state index contributed by atoms with van der Waals surface area (Å²) in [7, 11) is 1.74. The van der Waals surface area contributed by atoms with Gasteiger partial charge in [0.05, 0.1) is 19.3 Å². The molecule has 2 saturated heterocycles. The molecule has 2 bridgehead atoms. The molecule has 2 fully saturated rings. The van der Waals surface area contributed by atoms with E-state index >= 15 is 0 Å². The van der Waals surface area contributed by atoms with Gasteiger partial charge in [0.2, 0.25) is 0 Å². The first-order chi connectivity index (χ1) is 9.26. The normalized spacial score (nSPS) is 30.5. The molecule has 0 saturated carbocycles. The van der Waals surface area contributed by atoms with E-state index in [1.54, 1.807) is 7.11 Å². The number of hydrogen-bond donors (Lipinski definition) is 1. The highest BCUT2D eigenvalue weighted by Crippen LogP contribution is 2.34. The van der Waals surface area contributed by atoms with E-state index < -0.39 is 0 Å². The number of fused-ring (bicyclic) bond motifs is 2. The van der Waals surface area contributed by atoms with E-state index in [0.717, 1.165) is 12.2 Å². The van der Waals surface area contributed by atoms with Crippen molar-refractivity contribution >= 4 is 0 Å². The molecular weight excluding hydrogens is 238 g/mol. The molecule has 3 heteroatoms. The Morgan fingerprint density at radius 2 is 2.21 bits per heavy atom. The minimum atomic E-state index is 0.448. The van der Waals surface area contributed by atoms with Crippen LogP contribution in [0.4, 0.5) is 0 Å². The van der Waals surface area contributed by atoms with Crippen LogP contribution >= 0.6 is 0 Å². The third kappa shape index (κ3) is 2.77. The van der Waals surface area contributed by atoms with Gasteiger partial charge in [-0.1, -0.05) is 18.2 Å². The maximum absolute atomic E-state index is 5.89. The summed E-state index contributed by atoms with van der Waals surface area (Å²) in [5.74, 6) is 0.986. The van der Waals surface area contributed by atoms with Crippen LogP contribution in [0.3, 0.4) is 0 Å². The maximum atomic E-state index is 5.89. The van der Waals surface area contributed by atoms with Gasteiger partial charge in [-0.3, -0.25) is 0 Å². The van der Waals surface area contributed by atoms with Gasteiger partial charge in [-0.25, -0.2) is 0 Å². The SMILES string of the molecule is COc1ccccc1CC(C)NC1CC2CCC1O2. The first-order valence-electron chi connectivity index (χ1n) is 7.29. The fourth-order valence-corrected chi connectivity index (χ4v) is 3.44. The molecule has 0 aliphatic carbocycles. The van der Waals surface area contributed by atoms with Crippen LogP contribution in [-0.2, 0) is 11.2 Å². The molecule has 3 rings (SSSR count). The molecule has 4 unspecified atom stereocenters. The van der Waals surface area contributed by atoms with Crippen LogP contribution in [0.15, 0.2) is 24.3 Å². The minimum absolute atomic E-state index is 0.448. The second-order valence-corrected chi connectivity index (χ2v) is 5.80. The van der Waals surface area contributed by atoms with Gasteiger partial charge in [0, 0.05) is 12.1 Å². The molecule has 2 heterocycles. The summed E-state index contributed by atoms with van der Waals surface area (Å²) in [4.78, 5) is 0. The number of ether oxygens (including phenoxy) is 2. The van der Waals surface area contributed by atoms with Gasteiger partial charge in [-0.2, -0.15) is 0 Å². The Labute approximate surface area is 115 Å². The molecule has 0 spiro atoms. The quantitative estimate of drug-likeness (QED) is 0.883. The summed E-state index contributed by atoms with van der Waals surface area (Å²) in [6, 6.07) is 9.26. The highest BCUT2D eigenvalue weighted by Gasteiger charge is 2.40. The predicted octanol–water partition coefficient (Wildman–Crippen LogP) is 2.54. The molecule has 104 valence electrons. The van der Waals surface area contributed by atoms with Crippen LogP contribution in [0.5, 0.6) is 5.75 Å². The van der Waals surface area contributed by atoms with Gasteiger partial charge >= 0.3 is 0 Å². The number of methoxy groups -OCH3 is 1. The third-order valence-corrected chi connectivity index (χ3v) is 4.32. The highest BCUT2D eigenvalue weighted by atomic mass is 16.5. The Kier molecular flexibility index (Phi) is 3.76. The second-order valence-electron chi connectivity index (χ2n) is 5.80. The third-order valence-electron chi connectivity index (χ3n) is 4.32. The number of hydrogen-bond acceptors (Lipinski definition) is 3. The molecule has 1 aromatic carbocycles. The Hall–Kier alpha value is -1.06. The van der Waals surface area contributed by atoms with E-state index in [0.29, 0.717) is 24.3 Å². The van der Waals surface area contributed by atoms with Crippen LogP contribution in [0.1, 0.15) is 31.7 Å². The monoisotopic (exact) mass is 261 g/mol. The second kappa shape index (κ2) is 5.51. The Morgan fingerprint density at radius 1 is 1.37 bits per heavy atom. The van der Waals surface area contributed by atoms with Gasteiger partial charge in [0.25, 0.3) is 0 Å². The summed E-state index contributed by atoms with van der Waals surface area (Å²) in [5.41, 5.74) is 1.27. The zero-order valence-electron chi connectivity index (χ0n) is 11.8. The Balaban J connectivity index is 1.57. The van der Waals surface area contributed by atoms with E-state index in [-0.39, 0.29) is 0 Å². The molecule has 0 amide bonds. The fourth-order valence-electron chi connectivity index (χ4n) is 3.44. The number of nitrogens with one attached hydrogen (secondary N) is 1. The molecule has 19 heavy (non-hydrogen) atoms. The topological polar surface area (TPSA) is 30.5 Å². The average Bonchev–Trinajstić information content (AvgIpc) is 3.01. The standard InChI is InChI=1S/C16H23NO2/c1-11(9-12-5-3-4-6-15(12)18-2)17-14-10-13-7-8-16(14)19-13/h3-6,11,13-14,16-17H,7-10H2,1-2H3. The van der Waals surface area contributed by atoms with Crippen molar-refractivity contribution in [3.8, 4) is 5.75 Å². The van der Waals surface area contributed by atoms with Crippen molar-refractivity contribution < 1.29 is 9.47 Å². The number of rotatable bonds is 5. The largest absolute Gasteiger partial charge is 0.496 e. The van der Waals surface area contributed by atoms with Crippen LogP contribution in [-0.4, -0.2) is 31.4 Å². The van der Waals surface area contributed by atoms with Crippen molar-refractivity contribution in [1.29, 1.82) is 0 Å². The summed E-state index contributed by atoms with van der Waals surface area (Å²) < 4.78 is 11.3. The lowest BCUT2D eigenvalue weighted by Crippen LogP contribution is -2.43. The summed E-state index contributed by atoms with van der Waals surface area (Å²) in [6.07, 6.45) is 5.62. The van der Waals surface area contributed by atoms with Gasteiger partial charge in [-0.15, -0.1) is 0 Å². The molecule has 1 N–H and O–H groups in total. The van der Waals surface area contributed by atoms with Gasteiger partial charge in [0.1, 0.15) is 5.75 Å². The molecule has 3 nitrogen and oxygen atoms in total. The zero-order chi connectivity index (χ0) is 13.2. The molecule has 1 aromatic rings. The Morgan fingerprint density at radius 3 is 2.89 bits per heavy atom. The molecule has 0 aromatic heterocycles. The fraction of sp³-hybridized carbons (Fsp3) is 0.625. The molecule has 4 atom stereocenters. The average molecular weight is 261 g/mol. The zero-order valence-corrected chi connectivity index (χ0v) is 11.8. The summed E-state index contributed by atoms with van der Waals surface area (Å²) in [5, 5.41) is 3.73. The van der Waals surface area contributed by atoms with E-state index in [1.807, 2.05) is 12.1 Å². The van der Waals surface area contributed by atoms with Crippen molar-refractivity contribution in [1.82, 2.24) is 5.32 Å². The number of para-hydroxylation sites is 1. The van der Waals surface area contributed by atoms with Crippen LogP contribution < -0.4 is 10.1 Å². The smallest absolute Gasteiger partial charge is 0.122 e. The maximum Gasteiger partial charge on any atom is 0.122 e. The Bertz CT molecular complexity index is 435. The summed E-state index contributed by atoms with van der Waals surface area (Å²) in [6.45, 7) is 2.25.